The molecule has 0 aromatic rings. The van der Waals surface area contributed by atoms with Crippen molar-refractivity contribution in [2.75, 3.05) is 20.6 Å². The van der Waals surface area contributed by atoms with Crippen LogP contribution in [0.25, 0.3) is 0 Å². The lowest BCUT2D eigenvalue weighted by atomic mass is 9.92. The van der Waals surface area contributed by atoms with Crippen molar-refractivity contribution in [3.63, 3.8) is 0 Å². The molecule has 0 spiro atoms. The second-order valence-electron chi connectivity index (χ2n) is 4.91. The molecule has 0 heterocycles. The molecule has 0 aromatic carbocycles. The van der Waals surface area contributed by atoms with Gasteiger partial charge in [-0.25, -0.2) is 0 Å². The fourth-order valence-corrected chi connectivity index (χ4v) is 2.95. The average molecular weight is 263 g/mol. The normalized spacial score (nSPS) is 26.4. The summed E-state index contributed by atoms with van der Waals surface area (Å²) in [5.74, 6) is 0. The minimum atomic E-state index is -3.27. The van der Waals surface area contributed by atoms with Crippen molar-refractivity contribution in [2.45, 2.75) is 51.1 Å². The largest absolute Gasteiger partial charge is 0.314 e. The third-order valence-electron chi connectivity index (χ3n) is 3.21. The number of hydrogen-bond acceptors (Lipinski definition) is 3. The Labute approximate surface area is 105 Å². The maximum atomic E-state index is 11.7. The van der Waals surface area contributed by atoms with Crippen LogP contribution >= 0.6 is 0 Å². The SMILES string of the molecule is CCCNC1CCC(NS(=O)(=O)N(C)C)CC1. The minimum Gasteiger partial charge on any atom is -0.314 e. The zero-order valence-corrected chi connectivity index (χ0v) is 11.9. The van der Waals surface area contributed by atoms with Gasteiger partial charge in [0.2, 0.25) is 0 Å². The van der Waals surface area contributed by atoms with E-state index in [4.69, 9.17) is 0 Å². The molecule has 0 saturated heterocycles. The second-order valence-corrected chi connectivity index (χ2v) is 6.82. The Bertz CT molecular complexity index is 309. The standard InChI is InChI=1S/C11H25N3O2S/c1-4-9-12-10-5-7-11(8-6-10)13-17(15,16)14(2)3/h10-13H,4-9H2,1-3H3. The van der Waals surface area contributed by atoms with Crippen LogP contribution in [0.2, 0.25) is 0 Å². The third-order valence-corrected chi connectivity index (χ3v) is 4.80. The highest BCUT2D eigenvalue weighted by Gasteiger charge is 2.25. The minimum absolute atomic E-state index is 0.0991. The zero-order chi connectivity index (χ0) is 12.9. The first-order valence-electron chi connectivity index (χ1n) is 6.39. The molecule has 0 radical (unpaired) electrons. The van der Waals surface area contributed by atoms with Crippen LogP contribution in [0.1, 0.15) is 39.0 Å². The molecule has 2 N–H and O–H groups in total. The molecule has 1 rings (SSSR count). The van der Waals surface area contributed by atoms with Crippen LogP contribution in [-0.4, -0.2) is 45.4 Å². The van der Waals surface area contributed by atoms with Crippen molar-refractivity contribution in [1.82, 2.24) is 14.3 Å². The number of rotatable bonds is 6. The molecular weight excluding hydrogens is 238 g/mol. The van der Waals surface area contributed by atoms with Crippen LogP contribution in [0, 0.1) is 0 Å². The average Bonchev–Trinajstić information content (AvgIpc) is 2.27. The van der Waals surface area contributed by atoms with Gasteiger partial charge in [-0.1, -0.05) is 6.92 Å². The number of hydrogen-bond donors (Lipinski definition) is 2. The molecular formula is C11H25N3O2S. The van der Waals surface area contributed by atoms with Crippen molar-refractivity contribution in [2.24, 2.45) is 0 Å². The van der Waals surface area contributed by atoms with E-state index < -0.39 is 10.2 Å². The number of nitrogens with one attached hydrogen (secondary N) is 2. The van der Waals surface area contributed by atoms with E-state index in [1.807, 2.05) is 0 Å². The second kappa shape index (κ2) is 6.68. The van der Waals surface area contributed by atoms with Crippen molar-refractivity contribution in [1.29, 1.82) is 0 Å². The Hall–Kier alpha value is -0.170. The van der Waals surface area contributed by atoms with Crippen LogP contribution < -0.4 is 10.0 Å². The highest BCUT2D eigenvalue weighted by atomic mass is 32.2. The summed E-state index contributed by atoms with van der Waals surface area (Å²) in [4.78, 5) is 0. The van der Waals surface area contributed by atoms with Gasteiger partial charge in [0.05, 0.1) is 0 Å². The lowest BCUT2D eigenvalue weighted by Gasteiger charge is -2.30. The monoisotopic (exact) mass is 263 g/mol. The lowest BCUT2D eigenvalue weighted by Crippen LogP contribution is -2.45. The zero-order valence-electron chi connectivity index (χ0n) is 11.1. The summed E-state index contributed by atoms with van der Waals surface area (Å²) in [6.07, 6.45) is 5.11. The van der Waals surface area contributed by atoms with E-state index in [0.717, 1.165) is 38.6 Å². The molecule has 1 saturated carbocycles. The Morgan fingerprint density at radius 1 is 1.12 bits per heavy atom. The molecule has 1 fully saturated rings. The molecule has 102 valence electrons. The predicted molar refractivity (Wildman–Crippen MR) is 70.1 cm³/mol. The third kappa shape index (κ3) is 4.91. The molecule has 0 unspecified atom stereocenters. The van der Waals surface area contributed by atoms with Gasteiger partial charge in [-0.2, -0.15) is 17.4 Å². The molecule has 0 aromatic heterocycles. The van der Waals surface area contributed by atoms with Gasteiger partial charge in [-0.15, -0.1) is 0 Å². The lowest BCUT2D eigenvalue weighted by molar-refractivity contribution is 0.326. The van der Waals surface area contributed by atoms with Gasteiger partial charge in [0, 0.05) is 26.2 Å². The van der Waals surface area contributed by atoms with E-state index in [-0.39, 0.29) is 6.04 Å². The smallest absolute Gasteiger partial charge is 0.279 e. The summed E-state index contributed by atoms with van der Waals surface area (Å²) in [5, 5.41) is 3.49. The van der Waals surface area contributed by atoms with E-state index >= 15 is 0 Å². The van der Waals surface area contributed by atoms with E-state index in [2.05, 4.69) is 17.0 Å². The predicted octanol–water partition coefficient (Wildman–Crippen LogP) is 0.693. The topological polar surface area (TPSA) is 61.4 Å². The quantitative estimate of drug-likeness (QED) is 0.741. The molecule has 6 heteroatoms. The van der Waals surface area contributed by atoms with Crippen molar-refractivity contribution >= 4 is 10.2 Å². The van der Waals surface area contributed by atoms with Crippen LogP contribution in [0.4, 0.5) is 0 Å². The van der Waals surface area contributed by atoms with Gasteiger partial charge in [-0.3, -0.25) is 0 Å². The summed E-state index contributed by atoms with van der Waals surface area (Å²) in [6.45, 7) is 3.21. The van der Waals surface area contributed by atoms with E-state index in [9.17, 15) is 8.42 Å². The Balaban J connectivity index is 2.33. The van der Waals surface area contributed by atoms with E-state index in [1.54, 1.807) is 14.1 Å². The summed E-state index contributed by atoms with van der Waals surface area (Å²) in [6, 6.07) is 0.664. The van der Waals surface area contributed by atoms with Crippen LogP contribution in [0.3, 0.4) is 0 Å². The highest BCUT2D eigenvalue weighted by Crippen LogP contribution is 2.19. The summed E-state index contributed by atoms with van der Waals surface area (Å²) in [7, 11) is -0.165. The molecule has 0 bridgehead atoms. The van der Waals surface area contributed by atoms with Crippen LogP contribution in [0.5, 0.6) is 0 Å². The van der Waals surface area contributed by atoms with E-state index in [1.165, 1.54) is 4.31 Å². The van der Waals surface area contributed by atoms with Gasteiger partial charge < -0.3 is 5.32 Å². The molecule has 0 atom stereocenters. The van der Waals surface area contributed by atoms with Crippen molar-refractivity contribution in [3.05, 3.63) is 0 Å². The maximum absolute atomic E-state index is 11.7. The van der Waals surface area contributed by atoms with Gasteiger partial charge >= 0.3 is 0 Å². The molecule has 1 aliphatic rings. The van der Waals surface area contributed by atoms with Gasteiger partial charge in [-0.05, 0) is 38.6 Å². The highest BCUT2D eigenvalue weighted by molar-refractivity contribution is 7.87. The fraction of sp³-hybridized carbons (Fsp3) is 1.00. The molecule has 1 aliphatic carbocycles. The molecule has 17 heavy (non-hydrogen) atoms. The van der Waals surface area contributed by atoms with Gasteiger partial charge in [0.1, 0.15) is 0 Å². The molecule has 0 aliphatic heterocycles. The Kier molecular flexibility index (Phi) is 5.85. The Morgan fingerprint density at radius 3 is 2.12 bits per heavy atom. The first kappa shape index (κ1) is 14.9. The summed E-state index contributed by atoms with van der Waals surface area (Å²) < 4.78 is 27.3. The molecule has 5 nitrogen and oxygen atoms in total. The Morgan fingerprint density at radius 2 is 1.65 bits per heavy atom. The maximum Gasteiger partial charge on any atom is 0.279 e. The van der Waals surface area contributed by atoms with E-state index in [0.29, 0.717) is 6.04 Å². The van der Waals surface area contributed by atoms with Crippen molar-refractivity contribution in [3.8, 4) is 0 Å². The number of nitrogens with zero attached hydrogens (tertiary/aromatic N) is 1. The summed E-state index contributed by atoms with van der Waals surface area (Å²) >= 11 is 0. The van der Waals surface area contributed by atoms with Gasteiger partial charge in [0.15, 0.2) is 0 Å². The first-order valence-corrected chi connectivity index (χ1v) is 7.83. The van der Waals surface area contributed by atoms with Crippen molar-refractivity contribution < 1.29 is 8.42 Å². The summed E-state index contributed by atoms with van der Waals surface area (Å²) in [5.41, 5.74) is 0. The van der Waals surface area contributed by atoms with Gasteiger partial charge in [0.25, 0.3) is 10.2 Å². The first-order chi connectivity index (χ1) is 7.95. The van der Waals surface area contributed by atoms with Crippen LogP contribution in [0.15, 0.2) is 0 Å². The fourth-order valence-electron chi connectivity index (χ4n) is 2.08. The van der Waals surface area contributed by atoms with Crippen LogP contribution in [-0.2, 0) is 10.2 Å². The molecule has 0 amide bonds.